The van der Waals surface area contributed by atoms with Crippen LogP contribution in [0.15, 0.2) is 11.1 Å². The van der Waals surface area contributed by atoms with Gasteiger partial charge in [-0.2, -0.15) is 4.98 Å². The van der Waals surface area contributed by atoms with Gasteiger partial charge in [0, 0.05) is 7.37 Å². The van der Waals surface area contributed by atoms with Gasteiger partial charge in [-0.05, 0) is 13.6 Å². The first-order chi connectivity index (χ1) is 12.0. The molecule has 0 saturated carbocycles. The number of aromatic nitrogens is 4. The van der Waals surface area contributed by atoms with Crippen LogP contribution in [0.3, 0.4) is 0 Å². The molecule has 3 rings (SSSR count). The number of aliphatic hydroxyl groups is 2. The number of nitrogens with one attached hydrogen (secondary N) is 1. The number of imidazole rings is 1. The van der Waals surface area contributed by atoms with Crippen LogP contribution in [0.2, 0.25) is 0 Å². The fourth-order valence-corrected chi connectivity index (χ4v) is 3.26. The highest BCUT2D eigenvalue weighted by molar-refractivity contribution is 7.55. The Hall–Kier alpha value is -1.82. The number of fused-ring (bicyclic) bond motifs is 1. The summed E-state index contributed by atoms with van der Waals surface area (Å²) in [5.41, 5.74) is 3.27. The number of rotatable bonds is 5. The highest BCUT2D eigenvalue weighted by Gasteiger charge is 2.53. The van der Waals surface area contributed by atoms with Crippen LogP contribution in [-0.2, 0) is 14.0 Å². The van der Waals surface area contributed by atoms with Crippen molar-refractivity contribution in [2.24, 2.45) is 0 Å². The van der Waals surface area contributed by atoms with Gasteiger partial charge in [0.2, 0.25) is 5.95 Å². The molecule has 144 valence electrons. The maximum absolute atomic E-state index is 11.9. The summed E-state index contributed by atoms with van der Waals surface area (Å²) in [6.45, 7) is 2.11. The van der Waals surface area contributed by atoms with Gasteiger partial charge >= 0.3 is 0 Å². The van der Waals surface area contributed by atoms with Crippen molar-refractivity contribution in [3.63, 3.8) is 0 Å². The van der Waals surface area contributed by atoms with E-state index in [9.17, 15) is 24.5 Å². The third-order valence-corrected chi connectivity index (χ3v) is 4.72. The first-order valence-electron chi connectivity index (χ1n) is 7.64. The Balaban J connectivity index is 1.89. The SMILES string of the molecule is CC1(O)[C@@H](O)[C@@H](COCP(C)(=O)[O-])O[C@H]1n1cnc2c(=O)[nH]c(N)nc21. The van der Waals surface area contributed by atoms with Crippen molar-refractivity contribution in [2.45, 2.75) is 31.0 Å². The van der Waals surface area contributed by atoms with Crippen molar-refractivity contribution in [3.05, 3.63) is 16.7 Å². The largest absolute Gasteiger partial charge is 0.798 e. The van der Waals surface area contributed by atoms with Crippen molar-refractivity contribution in [3.8, 4) is 0 Å². The number of nitrogens with zero attached hydrogens (tertiary/aromatic N) is 3. The number of nitrogens with two attached hydrogens (primary N) is 1. The Morgan fingerprint density at radius 2 is 2.31 bits per heavy atom. The maximum Gasteiger partial charge on any atom is 0.280 e. The second kappa shape index (κ2) is 6.41. The van der Waals surface area contributed by atoms with Crippen LogP contribution in [0.1, 0.15) is 13.2 Å². The van der Waals surface area contributed by atoms with Gasteiger partial charge in [0.15, 0.2) is 17.4 Å². The van der Waals surface area contributed by atoms with Crippen LogP contribution in [-0.4, -0.2) is 67.2 Å². The Labute approximate surface area is 147 Å². The monoisotopic (exact) mass is 388 g/mol. The fraction of sp³-hybridized carbons (Fsp3) is 0.615. The van der Waals surface area contributed by atoms with Gasteiger partial charge in [-0.1, -0.05) is 0 Å². The second-order valence-corrected chi connectivity index (χ2v) is 8.77. The molecule has 5 atom stereocenters. The molecule has 0 bridgehead atoms. The van der Waals surface area contributed by atoms with Crippen molar-refractivity contribution in [1.82, 2.24) is 19.5 Å². The highest BCUT2D eigenvalue weighted by Crippen LogP contribution is 2.39. The normalized spacial score (nSPS) is 31.3. The molecule has 0 spiro atoms. The van der Waals surface area contributed by atoms with Gasteiger partial charge in [-0.25, -0.2) is 4.98 Å². The minimum atomic E-state index is -3.63. The van der Waals surface area contributed by atoms with Gasteiger partial charge in [0.25, 0.3) is 5.56 Å². The van der Waals surface area contributed by atoms with E-state index in [1.54, 1.807) is 0 Å². The molecule has 0 aromatic carbocycles. The molecule has 1 fully saturated rings. The quantitative estimate of drug-likeness (QED) is 0.415. The summed E-state index contributed by atoms with van der Waals surface area (Å²) < 4.78 is 23.1. The zero-order valence-corrected chi connectivity index (χ0v) is 14.9. The summed E-state index contributed by atoms with van der Waals surface area (Å²) in [5, 5.41) is 21.0. The lowest BCUT2D eigenvalue weighted by molar-refractivity contribution is -0.179. The molecular formula is C13H19N5O7P-. The zero-order valence-electron chi connectivity index (χ0n) is 14.0. The van der Waals surface area contributed by atoms with Crippen LogP contribution in [0.5, 0.6) is 0 Å². The first-order valence-corrected chi connectivity index (χ1v) is 9.90. The van der Waals surface area contributed by atoms with Crippen LogP contribution >= 0.6 is 7.37 Å². The molecule has 3 heterocycles. The average Bonchev–Trinajstić information content (AvgIpc) is 3.00. The van der Waals surface area contributed by atoms with Crippen LogP contribution in [0.4, 0.5) is 5.95 Å². The van der Waals surface area contributed by atoms with Gasteiger partial charge in [0.1, 0.15) is 17.8 Å². The molecule has 1 aliphatic heterocycles. The number of aliphatic hydroxyl groups excluding tert-OH is 1. The minimum absolute atomic E-state index is 0.00827. The standard InChI is InChI=1S/C13H20N5O7P/c1-13(21)8(19)6(3-24-5-26(2,22)23)25-11(13)18-4-15-7-9(18)16-12(14)17-10(7)20/h4,6,8,11,19,21H,3,5H2,1-2H3,(H,22,23)(H3,14,16,17,20)/p-1/t6-,8+,11-,13?/m1/s1. The van der Waals surface area contributed by atoms with E-state index in [1.165, 1.54) is 17.8 Å². The molecule has 5 N–H and O–H groups in total. The van der Waals surface area contributed by atoms with E-state index in [-0.39, 0.29) is 23.7 Å². The second-order valence-electron chi connectivity index (χ2n) is 6.49. The smallest absolute Gasteiger partial charge is 0.280 e. The van der Waals surface area contributed by atoms with Crippen molar-refractivity contribution in [2.75, 3.05) is 25.4 Å². The summed E-state index contributed by atoms with van der Waals surface area (Å²) in [4.78, 5) is 33.3. The van der Waals surface area contributed by atoms with E-state index in [2.05, 4.69) is 15.0 Å². The molecule has 26 heavy (non-hydrogen) atoms. The molecule has 0 aliphatic carbocycles. The van der Waals surface area contributed by atoms with Gasteiger partial charge in [0.05, 0.1) is 19.3 Å². The molecule has 13 heteroatoms. The van der Waals surface area contributed by atoms with Crippen LogP contribution in [0, 0.1) is 0 Å². The Kier molecular flexibility index (Phi) is 4.67. The average molecular weight is 388 g/mol. The van der Waals surface area contributed by atoms with Crippen molar-refractivity contribution in [1.29, 1.82) is 0 Å². The lowest BCUT2D eigenvalue weighted by Gasteiger charge is -2.27. The number of aromatic amines is 1. The number of anilines is 1. The minimum Gasteiger partial charge on any atom is -0.798 e. The summed E-state index contributed by atoms with van der Waals surface area (Å²) in [6.07, 6.45) is -2.82. The van der Waals surface area contributed by atoms with Gasteiger partial charge in [-0.3, -0.25) is 14.3 Å². The number of ether oxygens (including phenoxy) is 2. The van der Waals surface area contributed by atoms with Crippen LogP contribution < -0.4 is 16.2 Å². The lowest BCUT2D eigenvalue weighted by Crippen LogP contribution is -2.44. The highest BCUT2D eigenvalue weighted by atomic mass is 31.2. The maximum atomic E-state index is 11.9. The van der Waals surface area contributed by atoms with E-state index < -0.39 is 43.3 Å². The number of nitrogen functional groups attached to an aromatic ring is 1. The topological polar surface area (TPSA) is 189 Å². The molecule has 0 radical (unpaired) electrons. The molecule has 12 nitrogen and oxygen atoms in total. The summed E-state index contributed by atoms with van der Waals surface area (Å²) in [7, 11) is -3.63. The lowest BCUT2D eigenvalue weighted by atomic mass is 9.96. The Morgan fingerprint density at radius 3 is 2.96 bits per heavy atom. The Morgan fingerprint density at radius 1 is 1.62 bits per heavy atom. The van der Waals surface area contributed by atoms with E-state index in [0.717, 1.165) is 6.66 Å². The van der Waals surface area contributed by atoms with E-state index in [1.807, 2.05) is 0 Å². The third kappa shape index (κ3) is 3.39. The molecule has 2 aromatic heterocycles. The third-order valence-electron chi connectivity index (χ3n) is 4.07. The van der Waals surface area contributed by atoms with Gasteiger partial charge < -0.3 is 34.9 Å². The summed E-state index contributed by atoms with van der Waals surface area (Å²) in [5.74, 6) is -0.142. The summed E-state index contributed by atoms with van der Waals surface area (Å²) in [6, 6.07) is 0. The van der Waals surface area contributed by atoms with Crippen molar-refractivity contribution < 1.29 is 29.1 Å². The molecule has 1 saturated heterocycles. The number of H-pyrrole nitrogens is 1. The predicted octanol–water partition coefficient (Wildman–Crippen LogP) is -2.05. The molecular weight excluding hydrogens is 369 g/mol. The molecule has 1 aliphatic rings. The number of hydrogen-bond donors (Lipinski definition) is 4. The molecule has 2 aromatic rings. The zero-order chi connectivity index (χ0) is 19.3. The van der Waals surface area contributed by atoms with E-state index in [4.69, 9.17) is 15.2 Å². The van der Waals surface area contributed by atoms with Crippen LogP contribution in [0.25, 0.3) is 11.2 Å². The number of hydrogen-bond acceptors (Lipinski definition) is 10. The summed E-state index contributed by atoms with van der Waals surface area (Å²) >= 11 is 0. The fourth-order valence-electron chi connectivity index (χ4n) is 2.83. The first kappa shape index (κ1) is 19.0. The van der Waals surface area contributed by atoms with Gasteiger partial charge in [-0.15, -0.1) is 0 Å². The molecule has 0 amide bonds. The van der Waals surface area contributed by atoms with Crippen molar-refractivity contribution >= 4 is 24.5 Å². The van der Waals surface area contributed by atoms with E-state index in [0.29, 0.717) is 0 Å². The predicted molar refractivity (Wildman–Crippen MR) is 87.5 cm³/mol. The van der Waals surface area contributed by atoms with E-state index >= 15 is 0 Å². The molecule has 2 unspecified atom stereocenters. The Bertz CT molecular complexity index is 919.